The molecule has 4 N–H and O–H groups in total. The first-order chi connectivity index (χ1) is 12.3. The third-order valence-electron chi connectivity index (χ3n) is 3.93. The highest BCUT2D eigenvalue weighted by molar-refractivity contribution is 7.89. The van der Waals surface area contributed by atoms with E-state index in [0.717, 1.165) is 5.56 Å². The summed E-state index contributed by atoms with van der Waals surface area (Å²) in [7, 11) is -3.71. The van der Waals surface area contributed by atoms with Gasteiger partial charge in [0.15, 0.2) is 11.5 Å². The normalized spacial score (nSPS) is 14.1. The Hall–Kier alpha value is -2.62. The van der Waals surface area contributed by atoms with Crippen LogP contribution in [0.1, 0.15) is 18.5 Å². The summed E-state index contributed by atoms with van der Waals surface area (Å²) in [5.41, 5.74) is 1.46. The predicted molar refractivity (Wildman–Crippen MR) is 95.4 cm³/mol. The maximum atomic E-state index is 12.1. The molecular formula is C17H19N3O5S. The zero-order chi connectivity index (χ0) is 18.7. The number of hydrogen-bond acceptors (Lipinski definition) is 6. The van der Waals surface area contributed by atoms with Crippen molar-refractivity contribution in [1.82, 2.24) is 5.32 Å². The number of fused-ring (bicyclic) bond motifs is 1. The van der Waals surface area contributed by atoms with Crippen LogP contribution in [0.15, 0.2) is 47.4 Å². The molecule has 1 aliphatic heterocycles. The van der Waals surface area contributed by atoms with Crippen LogP contribution in [0.2, 0.25) is 0 Å². The van der Waals surface area contributed by atoms with Crippen molar-refractivity contribution >= 4 is 21.6 Å². The summed E-state index contributed by atoms with van der Waals surface area (Å²) >= 11 is 0. The van der Waals surface area contributed by atoms with Crippen LogP contribution in [0.25, 0.3) is 0 Å². The van der Waals surface area contributed by atoms with Crippen LogP contribution in [0.4, 0.5) is 5.69 Å². The van der Waals surface area contributed by atoms with Gasteiger partial charge in [0, 0.05) is 17.8 Å². The fourth-order valence-electron chi connectivity index (χ4n) is 2.49. The Balaban J connectivity index is 1.54. The standard InChI is InChI=1S/C17H19N3O5S/c1-11(12-2-5-14(6-3-12)26(18,22)23)19-9-17(21)20-13-4-7-15-16(8-13)25-10-24-15/h2-8,11,19H,9-10H2,1H3,(H,20,21)(H2,18,22,23). The van der Waals surface area contributed by atoms with Crippen LogP contribution in [0.3, 0.4) is 0 Å². The minimum Gasteiger partial charge on any atom is -0.454 e. The molecule has 3 rings (SSSR count). The molecule has 9 heteroatoms. The van der Waals surface area contributed by atoms with E-state index in [1.165, 1.54) is 12.1 Å². The molecule has 0 saturated carbocycles. The lowest BCUT2D eigenvalue weighted by Crippen LogP contribution is -2.30. The molecule has 0 spiro atoms. The number of carbonyl (C=O) groups excluding carboxylic acids is 1. The van der Waals surface area contributed by atoms with Gasteiger partial charge in [0.25, 0.3) is 0 Å². The predicted octanol–water partition coefficient (Wildman–Crippen LogP) is 1.35. The van der Waals surface area contributed by atoms with E-state index in [2.05, 4.69) is 10.6 Å². The van der Waals surface area contributed by atoms with Gasteiger partial charge in [-0.2, -0.15) is 0 Å². The van der Waals surface area contributed by atoms with Crippen molar-refractivity contribution in [3.05, 3.63) is 48.0 Å². The molecule has 1 atom stereocenters. The van der Waals surface area contributed by atoms with Gasteiger partial charge < -0.3 is 20.1 Å². The quantitative estimate of drug-likeness (QED) is 0.699. The highest BCUT2D eigenvalue weighted by atomic mass is 32.2. The Labute approximate surface area is 151 Å². The molecule has 2 aromatic carbocycles. The molecule has 1 unspecified atom stereocenters. The number of benzene rings is 2. The summed E-state index contributed by atoms with van der Waals surface area (Å²) in [5, 5.41) is 10.9. The lowest BCUT2D eigenvalue weighted by atomic mass is 10.1. The second-order valence-electron chi connectivity index (χ2n) is 5.83. The van der Waals surface area contributed by atoms with E-state index < -0.39 is 10.0 Å². The monoisotopic (exact) mass is 377 g/mol. The molecular weight excluding hydrogens is 358 g/mol. The van der Waals surface area contributed by atoms with Gasteiger partial charge in [0.1, 0.15) is 0 Å². The summed E-state index contributed by atoms with van der Waals surface area (Å²) in [4.78, 5) is 12.1. The third kappa shape index (κ3) is 4.31. The molecule has 0 aromatic heterocycles. The van der Waals surface area contributed by atoms with Crippen molar-refractivity contribution < 1.29 is 22.7 Å². The largest absolute Gasteiger partial charge is 0.454 e. The van der Waals surface area contributed by atoms with Crippen LogP contribution < -0.4 is 25.2 Å². The lowest BCUT2D eigenvalue weighted by Gasteiger charge is -2.14. The molecule has 26 heavy (non-hydrogen) atoms. The molecule has 1 heterocycles. The number of nitrogens with two attached hydrogens (primary N) is 1. The fourth-order valence-corrected chi connectivity index (χ4v) is 3.00. The van der Waals surface area contributed by atoms with Gasteiger partial charge in [0.2, 0.25) is 22.7 Å². The van der Waals surface area contributed by atoms with Crippen LogP contribution in [0, 0.1) is 0 Å². The SMILES string of the molecule is CC(NCC(=O)Nc1ccc2c(c1)OCO2)c1ccc(S(N)(=O)=O)cc1. The zero-order valence-corrected chi connectivity index (χ0v) is 14.9. The highest BCUT2D eigenvalue weighted by Gasteiger charge is 2.15. The number of primary sulfonamides is 1. The van der Waals surface area contributed by atoms with Gasteiger partial charge in [-0.05, 0) is 36.8 Å². The minimum atomic E-state index is -3.71. The van der Waals surface area contributed by atoms with Gasteiger partial charge >= 0.3 is 0 Å². The number of ether oxygens (including phenoxy) is 2. The first kappa shape index (κ1) is 18.2. The number of sulfonamides is 1. The Morgan fingerprint density at radius 3 is 2.54 bits per heavy atom. The first-order valence-corrected chi connectivity index (χ1v) is 9.43. The second-order valence-corrected chi connectivity index (χ2v) is 7.39. The average molecular weight is 377 g/mol. The van der Waals surface area contributed by atoms with E-state index in [9.17, 15) is 13.2 Å². The summed E-state index contributed by atoms with van der Waals surface area (Å²) in [6, 6.07) is 11.2. The van der Waals surface area contributed by atoms with Crippen LogP contribution >= 0.6 is 0 Å². The maximum absolute atomic E-state index is 12.1. The topological polar surface area (TPSA) is 120 Å². The van der Waals surface area contributed by atoms with E-state index in [4.69, 9.17) is 14.6 Å². The average Bonchev–Trinajstić information content (AvgIpc) is 3.07. The van der Waals surface area contributed by atoms with E-state index >= 15 is 0 Å². The maximum Gasteiger partial charge on any atom is 0.238 e. The summed E-state index contributed by atoms with van der Waals surface area (Å²) in [6.45, 7) is 2.14. The molecule has 0 bridgehead atoms. The van der Waals surface area contributed by atoms with Crippen molar-refractivity contribution in [2.75, 3.05) is 18.7 Å². The summed E-state index contributed by atoms with van der Waals surface area (Å²) in [5.74, 6) is 1.04. The second kappa shape index (κ2) is 7.32. The highest BCUT2D eigenvalue weighted by Crippen LogP contribution is 2.34. The van der Waals surface area contributed by atoms with Crippen molar-refractivity contribution in [1.29, 1.82) is 0 Å². The Kier molecular flexibility index (Phi) is 5.12. The van der Waals surface area contributed by atoms with E-state index in [-0.39, 0.29) is 30.2 Å². The van der Waals surface area contributed by atoms with Crippen molar-refractivity contribution in [2.45, 2.75) is 17.9 Å². The molecule has 1 amide bonds. The smallest absolute Gasteiger partial charge is 0.238 e. The molecule has 0 radical (unpaired) electrons. The van der Waals surface area contributed by atoms with Gasteiger partial charge in [0.05, 0.1) is 11.4 Å². The van der Waals surface area contributed by atoms with Crippen LogP contribution in [0.5, 0.6) is 11.5 Å². The Morgan fingerprint density at radius 1 is 1.15 bits per heavy atom. The van der Waals surface area contributed by atoms with Crippen LogP contribution in [-0.4, -0.2) is 27.7 Å². The fraction of sp³-hybridized carbons (Fsp3) is 0.235. The number of hydrogen-bond donors (Lipinski definition) is 3. The van der Waals surface area contributed by atoms with Gasteiger partial charge in [-0.1, -0.05) is 12.1 Å². The van der Waals surface area contributed by atoms with Gasteiger partial charge in [-0.15, -0.1) is 0 Å². The van der Waals surface area contributed by atoms with Gasteiger partial charge in [-0.25, -0.2) is 13.6 Å². The Morgan fingerprint density at radius 2 is 1.85 bits per heavy atom. The summed E-state index contributed by atoms with van der Waals surface area (Å²) < 4.78 is 33.0. The molecule has 0 aliphatic carbocycles. The first-order valence-electron chi connectivity index (χ1n) is 7.88. The van der Waals surface area contributed by atoms with Crippen LogP contribution in [-0.2, 0) is 14.8 Å². The number of nitrogens with one attached hydrogen (secondary N) is 2. The lowest BCUT2D eigenvalue weighted by molar-refractivity contribution is -0.115. The zero-order valence-electron chi connectivity index (χ0n) is 14.1. The molecule has 0 saturated heterocycles. The molecule has 0 fully saturated rings. The van der Waals surface area contributed by atoms with Crippen molar-refractivity contribution in [3.63, 3.8) is 0 Å². The molecule has 138 valence electrons. The molecule has 2 aromatic rings. The third-order valence-corrected chi connectivity index (χ3v) is 4.86. The number of rotatable bonds is 6. The number of anilines is 1. The summed E-state index contributed by atoms with van der Waals surface area (Å²) in [6.07, 6.45) is 0. The number of amides is 1. The Bertz CT molecular complexity index is 912. The number of carbonyl (C=O) groups is 1. The van der Waals surface area contributed by atoms with Crippen molar-refractivity contribution in [2.24, 2.45) is 5.14 Å². The molecule has 1 aliphatic rings. The minimum absolute atomic E-state index is 0.0500. The van der Waals surface area contributed by atoms with E-state index in [1.807, 2.05) is 6.92 Å². The van der Waals surface area contributed by atoms with E-state index in [1.54, 1.807) is 30.3 Å². The van der Waals surface area contributed by atoms with E-state index in [0.29, 0.717) is 17.2 Å². The molecule has 8 nitrogen and oxygen atoms in total. The van der Waals surface area contributed by atoms with Crippen molar-refractivity contribution in [3.8, 4) is 11.5 Å². The van der Waals surface area contributed by atoms with Gasteiger partial charge in [-0.3, -0.25) is 4.79 Å².